The molecule has 1 aromatic carbocycles. The van der Waals surface area contributed by atoms with Gasteiger partial charge in [0.25, 0.3) is 0 Å². The number of carbonyl (C=O) groups is 3. The van der Waals surface area contributed by atoms with Gasteiger partial charge in [0, 0.05) is 23.4 Å². The third-order valence-electron chi connectivity index (χ3n) is 6.78. The number of benzene rings is 1. The number of fused-ring (bicyclic) bond motifs is 2. The van der Waals surface area contributed by atoms with Crippen molar-refractivity contribution in [3.05, 3.63) is 60.1 Å². The van der Waals surface area contributed by atoms with E-state index in [1.165, 1.54) is 34.6 Å². The number of hydrogen-bond acceptors (Lipinski definition) is 8. The van der Waals surface area contributed by atoms with Gasteiger partial charge in [-0.25, -0.2) is 13.2 Å². The Morgan fingerprint density at radius 1 is 1.26 bits per heavy atom. The molecule has 2 saturated heterocycles. The van der Waals surface area contributed by atoms with Crippen molar-refractivity contribution in [2.45, 2.75) is 49.2 Å². The van der Waals surface area contributed by atoms with E-state index in [0.29, 0.717) is 22.6 Å². The maximum Gasteiger partial charge on any atom is 0.414 e. The topological polar surface area (TPSA) is 140 Å². The van der Waals surface area contributed by atoms with Crippen LogP contribution in [-0.4, -0.2) is 66.6 Å². The Balaban J connectivity index is 1.30. The number of nitrogens with one attached hydrogen (secondary N) is 1. The monoisotopic (exact) mass is 558 g/mol. The minimum Gasteiger partial charge on any atom is -0.619 e. The zero-order valence-electron chi connectivity index (χ0n) is 20.5. The highest BCUT2D eigenvalue weighted by Gasteiger charge is 2.54. The maximum atomic E-state index is 13.5. The summed E-state index contributed by atoms with van der Waals surface area (Å²) in [5.41, 5.74) is 0. The molecular formula is C25H26N4O7S2. The molecule has 0 bridgehead atoms. The van der Waals surface area contributed by atoms with Crippen LogP contribution in [0.4, 0.5) is 4.79 Å². The summed E-state index contributed by atoms with van der Waals surface area (Å²) in [5, 5.41) is 15.6. The molecule has 2 aliphatic heterocycles. The summed E-state index contributed by atoms with van der Waals surface area (Å²) in [6, 6.07) is 9.30. The second-order valence-corrected chi connectivity index (χ2v) is 12.2. The van der Waals surface area contributed by atoms with Gasteiger partial charge in [-0.1, -0.05) is 42.9 Å². The van der Waals surface area contributed by atoms with Crippen LogP contribution >= 0.6 is 11.3 Å². The lowest BCUT2D eigenvalue weighted by atomic mass is 10.1. The smallest absolute Gasteiger partial charge is 0.414 e. The third-order valence-corrected chi connectivity index (χ3v) is 9.63. The first-order valence-electron chi connectivity index (χ1n) is 12.2. The van der Waals surface area contributed by atoms with Gasteiger partial charge in [-0.2, -0.15) is 9.04 Å². The molecule has 4 heterocycles. The fraction of sp³-hybridized carbons (Fsp3) is 0.360. The highest BCUT2D eigenvalue weighted by Crippen LogP contribution is 2.34. The summed E-state index contributed by atoms with van der Waals surface area (Å²) >= 11 is 1.31. The Bertz CT molecular complexity index is 1470. The van der Waals surface area contributed by atoms with E-state index in [1.807, 2.05) is 31.2 Å². The first-order chi connectivity index (χ1) is 18.2. The molecule has 3 unspecified atom stereocenters. The van der Waals surface area contributed by atoms with Crippen LogP contribution in [0.15, 0.2) is 59.8 Å². The Hall–Kier alpha value is -3.55. The van der Waals surface area contributed by atoms with Crippen molar-refractivity contribution in [2.75, 3.05) is 13.1 Å². The molecule has 5 rings (SSSR count). The average Bonchev–Trinajstić information content (AvgIpc) is 3.58. The average molecular weight is 559 g/mol. The van der Waals surface area contributed by atoms with Gasteiger partial charge in [-0.05, 0) is 30.4 Å². The summed E-state index contributed by atoms with van der Waals surface area (Å²) in [5.74, 6) is -0.865. The Kier molecular flexibility index (Phi) is 7.07. The second kappa shape index (κ2) is 10.3. The van der Waals surface area contributed by atoms with E-state index in [4.69, 9.17) is 4.74 Å². The second-order valence-electron chi connectivity index (χ2n) is 9.23. The highest BCUT2D eigenvalue weighted by atomic mass is 32.2. The number of ketones is 1. The quantitative estimate of drug-likeness (QED) is 0.346. The van der Waals surface area contributed by atoms with Crippen molar-refractivity contribution >= 4 is 49.2 Å². The predicted molar refractivity (Wildman–Crippen MR) is 138 cm³/mol. The van der Waals surface area contributed by atoms with Crippen molar-refractivity contribution in [1.82, 2.24) is 14.5 Å². The van der Waals surface area contributed by atoms with E-state index >= 15 is 0 Å². The number of aromatic nitrogens is 1. The largest absolute Gasteiger partial charge is 0.619 e. The normalized spacial score (nSPS) is 20.4. The predicted octanol–water partition coefficient (Wildman–Crippen LogP) is 2.03. The number of amides is 2. The minimum absolute atomic E-state index is 0.162. The number of likely N-dealkylation sites (tertiary alicyclic amines) is 1. The van der Waals surface area contributed by atoms with Gasteiger partial charge in [0.15, 0.2) is 23.2 Å². The van der Waals surface area contributed by atoms with E-state index in [2.05, 4.69) is 5.32 Å². The van der Waals surface area contributed by atoms with Crippen LogP contribution in [0.3, 0.4) is 0 Å². The van der Waals surface area contributed by atoms with Crippen LogP contribution in [0.25, 0.3) is 10.1 Å². The number of thiophene rings is 1. The van der Waals surface area contributed by atoms with Crippen molar-refractivity contribution in [3.63, 3.8) is 0 Å². The lowest BCUT2D eigenvalue weighted by molar-refractivity contribution is -0.607. The molecule has 2 aromatic heterocycles. The number of Topliss-reactive ketones (excluding diaryl/α,β-unsaturated/α-hetero) is 1. The van der Waals surface area contributed by atoms with E-state index in [-0.39, 0.29) is 17.9 Å². The molecule has 0 spiro atoms. The standard InChI is InChI=1S/C25H26N4O7S2/c1-2-6-18(26-25(32)36-22-13-16-7-3-4-9-21(16)37-22)24(31)28-12-10-19-23(28)20(30)15-29(19)38(34,35)17-8-5-11-27(33)14-17/h3-5,7-9,11,13-14,18-19,23H,2,6,10,12,15H2,1H3,(H,26,32). The van der Waals surface area contributed by atoms with E-state index in [1.54, 1.807) is 6.07 Å². The van der Waals surface area contributed by atoms with Gasteiger partial charge >= 0.3 is 6.09 Å². The van der Waals surface area contributed by atoms with Gasteiger partial charge in [0.1, 0.15) is 17.0 Å². The SMILES string of the molecule is CCCC(NC(=O)Oc1cc2ccccc2s1)C(=O)N1CCC2C1C(=O)CN2S(=O)(=O)c1ccc[n+]([O-])c1. The number of pyridine rings is 1. The van der Waals surface area contributed by atoms with Gasteiger partial charge in [0.2, 0.25) is 15.9 Å². The van der Waals surface area contributed by atoms with Gasteiger partial charge in [0.05, 0.1) is 12.6 Å². The first kappa shape index (κ1) is 26.1. The summed E-state index contributed by atoms with van der Waals surface area (Å²) < 4.78 is 34.3. The molecule has 0 saturated carbocycles. The molecule has 200 valence electrons. The first-order valence-corrected chi connectivity index (χ1v) is 14.5. The molecular weight excluding hydrogens is 532 g/mol. The van der Waals surface area contributed by atoms with Crippen molar-refractivity contribution in [2.24, 2.45) is 0 Å². The lowest BCUT2D eigenvalue weighted by Crippen LogP contribution is -2.53. The molecule has 2 amide bonds. The summed E-state index contributed by atoms with van der Waals surface area (Å²) in [6.45, 7) is 1.63. The van der Waals surface area contributed by atoms with Gasteiger partial charge in [-0.3, -0.25) is 9.59 Å². The fourth-order valence-corrected chi connectivity index (χ4v) is 7.62. The Morgan fingerprint density at radius 3 is 2.79 bits per heavy atom. The lowest BCUT2D eigenvalue weighted by Gasteiger charge is -2.28. The Morgan fingerprint density at radius 2 is 2.05 bits per heavy atom. The maximum absolute atomic E-state index is 13.5. The van der Waals surface area contributed by atoms with E-state index in [9.17, 15) is 28.0 Å². The molecule has 3 atom stereocenters. The summed E-state index contributed by atoms with van der Waals surface area (Å²) in [6.07, 6.45) is 2.48. The number of sulfonamides is 1. The number of carbonyl (C=O) groups excluding carboxylic acids is 3. The molecule has 3 aromatic rings. The molecule has 38 heavy (non-hydrogen) atoms. The van der Waals surface area contributed by atoms with Crippen LogP contribution < -0.4 is 14.8 Å². The number of ether oxygens (including phenoxy) is 1. The minimum atomic E-state index is -4.13. The molecule has 13 heteroatoms. The van der Waals surface area contributed by atoms with E-state index < -0.39 is 52.5 Å². The summed E-state index contributed by atoms with van der Waals surface area (Å²) in [4.78, 5) is 40.3. The number of rotatable bonds is 7. The molecule has 11 nitrogen and oxygen atoms in total. The zero-order chi connectivity index (χ0) is 27.0. The van der Waals surface area contributed by atoms with Crippen molar-refractivity contribution in [3.8, 4) is 5.06 Å². The molecule has 2 aliphatic rings. The van der Waals surface area contributed by atoms with E-state index in [0.717, 1.165) is 20.6 Å². The molecule has 2 fully saturated rings. The molecule has 0 aliphatic carbocycles. The molecule has 1 N–H and O–H groups in total. The number of nitrogens with zero attached hydrogens (tertiary/aromatic N) is 3. The van der Waals surface area contributed by atoms with Crippen LogP contribution in [0.2, 0.25) is 0 Å². The fourth-order valence-electron chi connectivity index (χ4n) is 5.08. The van der Waals surface area contributed by atoms with Crippen LogP contribution in [0.5, 0.6) is 5.06 Å². The van der Waals surface area contributed by atoms with Gasteiger partial charge < -0.3 is 20.2 Å². The summed E-state index contributed by atoms with van der Waals surface area (Å²) in [7, 11) is -4.13. The van der Waals surface area contributed by atoms with Crippen molar-refractivity contribution < 1.29 is 32.3 Å². The van der Waals surface area contributed by atoms with Crippen LogP contribution in [-0.2, 0) is 19.6 Å². The Labute approximate surface area is 223 Å². The van der Waals surface area contributed by atoms with Crippen molar-refractivity contribution in [1.29, 1.82) is 0 Å². The highest BCUT2D eigenvalue weighted by molar-refractivity contribution is 7.89. The van der Waals surface area contributed by atoms with Gasteiger partial charge in [-0.15, -0.1) is 0 Å². The van der Waals surface area contributed by atoms with Crippen LogP contribution in [0.1, 0.15) is 26.2 Å². The number of hydrogen-bond donors (Lipinski definition) is 1. The molecule has 0 radical (unpaired) electrons. The third kappa shape index (κ3) is 4.84. The zero-order valence-corrected chi connectivity index (χ0v) is 22.1. The van der Waals surface area contributed by atoms with Crippen LogP contribution in [0, 0.1) is 5.21 Å².